The Kier molecular flexibility index (Phi) is 3.54. The third kappa shape index (κ3) is 2.78. The van der Waals surface area contributed by atoms with Crippen molar-refractivity contribution in [3.63, 3.8) is 0 Å². The van der Waals surface area contributed by atoms with Gasteiger partial charge in [-0.1, -0.05) is 12.1 Å². The van der Waals surface area contributed by atoms with Crippen molar-refractivity contribution in [1.82, 2.24) is 0 Å². The van der Waals surface area contributed by atoms with Crippen LogP contribution in [0.5, 0.6) is 5.75 Å². The number of hydrogen-bond donors (Lipinski definition) is 2. The molecule has 0 fully saturated rings. The molecule has 0 aliphatic rings. The van der Waals surface area contributed by atoms with Gasteiger partial charge in [-0.15, -0.1) is 0 Å². The lowest BCUT2D eigenvalue weighted by Gasteiger charge is -2.07. The second-order valence-electron chi connectivity index (χ2n) is 3.03. The molecule has 1 unspecified atom stereocenters. The van der Waals surface area contributed by atoms with Crippen LogP contribution in [-0.4, -0.2) is 17.3 Å². The Morgan fingerprint density at radius 3 is 2.36 bits per heavy atom. The molecule has 2 N–H and O–H groups in total. The largest absolute Gasteiger partial charge is 0.513 e. The van der Waals surface area contributed by atoms with Crippen molar-refractivity contribution in [3.05, 3.63) is 41.7 Å². The molecule has 1 rings (SSSR count). The van der Waals surface area contributed by atoms with E-state index in [0.717, 1.165) is 11.3 Å². The Balaban J connectivity index is 2.81. The molecular formula is C11H14O3. The lowest BCUT2D eigenvalue weighted by molar-refractivity contribution is 0.222. The summed E-state index contributed by atoms with van der Waals surface area (Å²) in [4.78, 5) is 0. The SMILES string of the molecule is COc1ccc(C(O)C=C(C)O)cc1. The molecule has 0 radical (unpaired) electrons. The lowest BCUT2D eigenvalue weighted by atomic mass is 10.1. The second kappa shape index (κ2) is 4.67. The fourth-order valence-electron chi connectivity index (χ4n) is 1.13. The van der Waals surface area contributed by atoms with E-state index >= 15 is 0 Å². The number of ether oxygens (including phenoxy) is 1. The molecule has 76 valence electrons. The molecule has 0 spiro atoms. The van der Waals surface area contributed by atoms with Gasteiger partial charge in [0, 0.05) is 0 Å². The molecule has 0 aliphatic carbocycles. The molecule has 0 saturated carbocycles. The van der Waals surface area contributed by atoms with Gasteiger partial charge < -0.3 is 14.9 Å². The summed E-state index contributed by atoms with van der Waals surface area (Å²) in [5.74, 6) is 0.846. The average Bonchev–Trinajstić information content (AvgIpc) is 2.17. The third-order valence-corrected chi connectivity index (χ3v) is 1.86. The summed E-state index contributed by atoms with van der Waals surface area (Å²) in [6.45, 7) is 1.52. The zero-order chi connectivity index (χ0) is 10.6. The molecule has 3 heteroatoms. The molecule has 0 aromatic heterocycles. The smallest absolute Gasteiger partial charge is 0.118 e. The monoisotopic (exact) mass is 194 g/mol. The van der Waals surface area contributed by atoms with Crippen molar-refractivity contribution >= 4 is 0 Å². The molecule has 14 heavy (non-hydrogen) atoms. The minimum Gasteiger partial charge on any atom is -0.513 e. The Hall–Kier alpha value is -1.48. The molecule has 1 aromatic rings. The van der Waals surface area contributed by atoms with E-state index in [1.54, 1.807) is 31.4 Å². The number of aliphatic hydroxyl groups excluding tert-OH is 2. The van der Waals surface area contributed by atoms with Gasteiger partial charge in [-0.25, -0.2) is 0 Å². The number of allylic oxidation sites excluding steroid dienone is 1. The van der Waals surface area contributed by atoms with E-state index in [1.165, 1.54) is 13.0 Å². The van der Waals surface area contributed by atoms with Crippen LogP contribution in [0.2, 0.25) is 0 Å². The number of methoxy groups -OCH3 is 1. The standard InChI is InChI=1S/C11H14O3/c1-8(12)7-11(13)9-3-5-10(14-2)6-4-9/h3-7,11-13H,1-2H3. The fraction of sp³-hybridized carbons (Fsp3) is 0.273. The molecular weight excluding hydrogens is 180 g/mol. The summed E-state index contributed by atoms with van der Waals surface area (Å²) in [5.41, 5.74) is 0.721. The minimum absolute atomic E-state index is 0.105. The van der Waals surface area contributed by atoms with Crippen molar-refractivity contribution in [2.24, 2.45) is 0 Å². The second-order valence-corrected chi connectivity index (χ2v) is 3.03. The van der Waals surface area contributed by atoms with Crippen LogP contribution in [0.25, 0.3) is 0 Å². The van der Waals surface area contributed by atoms with Crippen LogP contribution in [0, 0.1) is 0 Å². The van der Waals surface area contributed by atoms with Crippen molar-refractivity contribution in [2.45, 2.75) is 13.0 Å². The summed E-state index contributed by atoms with van der Waals surface area (Å²) in [6, 6.07) is 7.03. The molecule has 1 atom stereocenters. The normalized spacial score (nSPS) is 13.8. The Morgan fingerprint density at radius 1 is 1.36 bits per heavy atom. The maximum atomic E-state index is 9.58. The van der Waals surface area contributed by atoms with Crippen molar-refractivity contribution < 1.29 is 14.9 Å². The van der Waals surface area contributed by atoms with Gasteiger partial charge in [0.05, 0.1) is 12.9 Å². The lowest BCUT2D eigenvalue weighted by Crippen LogP contribution is -1.94. The van der Waals surface area contributed by atoms with Gasteiger partial charge in [-0.05, 0) is 30.7 Å². The van der Waals surface area contributed by atoms with E-state index in [1.807, 2.05) is 0 Å². The molecule has 0 amide bonds. The first kappa shape index (κ1) is 10.6. The van der Waals surface area contributed by atoms with Crippen LogP contribution >= 0.6 is 0 Å². The predicted octanol–water partition coefficient (Wildman–Crippen LogP) is 2.19. The Bertz CT molecular complexity index is 310. The first-order valence-corrected chi connectivity index (χ1v) is 4.33. The summed E-state index contributed by atoms with van der Waals surface area (Å²) < 4.78 is 4.98. The van der Waals surface area contributed by atoms with Gasteiger partial charge in [0.25, 0.3) is 0 Å². The van der Waals surface area contributed by atoms with Crippen LogP contribution in [0.4, 0.5) is 0 Å². The average molecular weight is 194 g/mol. The highest BCUT2D eigenvalue weighted by Crippen LogP contribution is 2.18. The first-order valence-electron chi connectivity index (χ1n) is 4.33. The van der Waals surface area contributed by atoms with Gasteiger partial charge in [0.2, 0.25) is 0 Å². The zero-order valence-corrected chi connectivity index (χ0v) is 8.27. The molecule has 0 saturated heterocycles. The van der Waals surface area contributed by atoms with E-state index in [2.05, 4.69) is 0 Å². The maximum Gasteiger partial charge on any atom is 0.118 e. The molecule has 3 nitrogen and oxygen atoms in total. The third-order valence-electron chi connectivity index (χ3n) is 1.86. The number of rotatable bonds is 3. The van der Waals surface area contributed by atoms with E-state index < -0.39 is 6.10 Å². The van der Waals surface area contributed by atoms with Gasteiger partial charge >= 0.3 is 0 Å². The number of hydrogen-bond acceptors (Lipinski definition) is 3. The number of benzene rings is 1. The van der Waals surface area contributed by atoms with E-state index in [-0.39, 0.29) is 5.76 Å². The maximum absolute atomic E-state index is 9.58. The van der Waals surface area contributed by atoms with E-state index in [4.69, 9.17) is 9.84 Å². The van der Waals surface area contributed by atoms with Crippen LogP contribution in [0.1, 0.15) is 18.6 Å². The summed E-state index contributed by atoms with van der Waals surface area (Å²) >= 11 is 0. The van der Waals surface area contributed by atoms with Gasteiger partial charge in [0.15, 0.2) is 0 Å². The fourth-order valence-corrected chi connectivity index (χ4v) is 1.13. The highest BCUT2D eigenvalue weighted by molar-refractivity contribution is 5.30. The predicted molar refractivity (Wildman–Crippen MR) is 54.3 cm³/mol. The Morgan fingerprint density at radius 2 is 1.93 bits per heavy atom. The van der Waals surface area contributed by atoms with Gasteiger partial charge in [-0.3, -0.25) is 0 Å². The first-order chi connectivity index (χ1) is 6.63. The molecule has 0 bridgehead atoms. The summed E-state index contributed by atoms with van der Waals surface area (Å²) in [7, 11) is 1.59. The van der Waals surface area contributed by atoms with Crippen molar-refractivity contribution in [3.8, 4) is 5.75 Å². The summed E-state index contributed by atoms with van der Waals surface area (Å²) in [5, 5.41) is 18.5. The number of aliphatic hydroxyl groups is 2. The van der Waals surface area contributed by atoms with Gasteiger partial charge in [-0.2, -0.15) is 0 Å². The van der Waals surface area contributed by atoms with Gasteiger partial charge in [0.1, 0.15) is 11.9 Å². The molecule has 1 aromatic carbocycles. The van der Waals surface area contributed by atoms with Crippen molar-refractivity contribution in [2.75, 3.05) is 7.11 Å². The van der Waals surface area contributed by atoms with Crippen LogP contribution in [0.3, 0.4) is 0 Å². The zero-order valence-electron chi connectivity index (χ0n) is 8.27. The van der Waals surface area contributed by atoms with Crippen molar-refractivity contribution in [1.29, 1.82) is 0 Å². The van der Waals surface area contributed by atoms with E-state index in [0.29, 0.717) is 0 Å². The molecule has 0 heterocycles. The van der Waals surface area contributed by atoms with Crippen LogP contribution in [-0.2, 0) is 0 Å². The van der Waals surface area contributed by atoms with Crippen LogP contribution in [0.15, 0.2) is 36.1 Å². The highest BCUT2D eigenvalue weighted by atomic mass is 16.5. The highest BCUT2D eigenvalue weighted by Gasteiger charge is 2.04. The Labute approximate surface area is 83.3 Å². The van der Waals surface area contributed by atoms with E-state index in [9.17, 15) is 5.11 Å². The summed E-state index contributed by atoms with van der Waals surface area (Å²) in [6.07, 6.45) is 0.604. The quantitative estimate of drug-likeness (QED) is 0.725. The van der Waals surface area contributed by atoms with Crippen LogP contribution < -0.4 is 4.74 Å². The topological polar surface area (TPSA) is 49.7 Å². The molecule has 0 aliphatic heterocycles. The minimum atomic E-state index is -0.772.